The van der Waals surface area contributed by atoms with Gasteiger partial charge in [0.2, 0.25) is 5.91 Å². The standard InChI is InChI=1S/C14H28N2O3/c1-12(10-19-4)16(8-9-18-3)13(17)14(2)6-5-7-15-11-14/h12,15H,5-11H2,1-4H3. The Balaban J connectivity index is 2.73. The Morgan fingerprint density at radius 2 is 2.16 bits per heavy atom. The van der Waals surface area contributed by atoms with Gasteiger partial charge in [0.1, 0.15) is 0 Å². The van der Waals surface area contributed by atoms with E-state index < -0.39 is 0 Å². The van der Waals surface area contributed by atoms with Gasteiger partial charge in [-0.1, -0.05) is 0 Å². The second-order valence-corrected chi connectivity index (χ2v) is 5.64. The molecule has 1 amide bonds. The predicted molar refractivity (Wildman–Crippen MR) is 75.1 cm³/mol. The monoisotopic (exact) mass is 272 g/mol. The first kappa shape index (κ1) is 16.4. The van der Waals surface area contributed by atoms with Crippen LogP contribution < -0.4 is 5.32 Å². The zero-order valence-corrected chi connectivity index (χ0v) is 12.7. The van der Waals surface area contributed by atoms with Gasteiger partial charge in [0.25, 0.3) is 0 Å². The van der Waals surface area contributed by atoms with Gasteiger partial charge in [-0.3, -0.25) is 4.79 Å². The van der Waals surface area contributed by atoms with Crippen molar-refractivity contribution in [2.45, 2.75) is 32.7 Å². The molecule has 0 aromatic carbocycles. The number of hydrogen-bond donors (Lipinski definition) is 1. The summed E-state index contributed by atoms with van der Waals surface area (Å²) < 4.78 is 10.3. The van der Waals surface area contributed by atoms with Crippen molar-refractivity contribution in [1.29, 1.82) is 0 Å². The average molecular weight is 272 g/mol. The SMILES string of the molecule is COCCN(C(=O)C1(C)CCCNC1)C(C)COC. The first-order chi connectivity index (χ1) is 9.05. The summed E-state index contributed by atoms with van der Waals surface area (Å²) in [7, 11) is 3.33. The van der Waals surface area contributed by atoms with Gasteiger partial charge in [0, 0.05) is 27.3 Å². The van der Waals surface area contributed by atoms with Crippen molar-refractivity contribution < 1.29 is 14.3 Å². The van der Waals surface area contributed by atoms with Gasteiger partial charge in [0.15, 0.2) is 0 Å². The maximum Gasteiger partial charge on any atom is 0.230 e. The molecule has 2 atom stereocenters. The van der Waals surface area contributed by atoms with Crippen LogP contribution in [0.1, 0.15) is 26.7 Å². The van der Waals surface area contributed by atoms with Crippen LogP contribution in [0.5, 0.6) is 0 Å². The largest absolute Gasteiger partial charge is 0.383 e. The zero-order valence-electron chi connectivity index (χ0n) is 12.7. The summed E-state index contributed by atoms with van der Waals surface area (Å²) in [4.78, 5) is 14.7. The molecule has 1 N–H and O–H groups in total. The lowest BCUT2D eigenvalue weighted by Crippen LogP contribution is -2.54. The summed E-state index contributed by atoms with van der Waals surface area (Å²) in [6.45, 7) is 7.58. The summed E-state index contributed by atoms with van der Waals surface area (Å²) in [6, 6.07) is 0.0754. The summed E-state index contributed by atoms with van der Waals surface area (Å²) >= 11 is 0. The molecule has 0 bridgehead atoms. The summed E-state index contributed by atoms with van der Waals surface area (Å²) in [5.41, 5.74) is -0.298. The molecular formula is C14H28N2O3. The number of carbonyl (C=O) groups excluding carboxylic acids is 1. The molecule has 1 heterocycles. The highest BCUT2D eigenvalue weighted by Gasteiger charge is 2.38. The lowest BCUT2D eigenvalue weighted by Gasteiger charge is -2.39. The van der Waals surface area contributed by atoms with Gasteiger partial charge in [-0.15, -0.1) is 0 Å². The minimum atomic E-state index is -0.298. The highest BCUT2D eigenvalue weighted by molar-refractivity contribution is 5.83. The van der Waals surface area contributed by atoms with Gasteiger partial charge in [-0.2, -0.15) is 0 Å². The fraction of sp³-hybridized carbons (Fsp3) is 0.929. The molecule has 112 valence electrons. The van der Waals surface area contributed by atoms with Crippen LogP contribution >= 0.6 is 0 Å². The van der Waals surface area contributed by atoms with Gasteiger partial charge in [-0.05, 0) is 33.2 Å². The van der Waals surface area contributed by atoms with Crippen LogP contribution in [0.2, 0.25) is 0 Å². The minimum absolute atomic E-state index is 0.0754. The van der Waals surface area contributed by atoms with Gasteiger partial charge >= 0.3 is 0 Å². The van der Waals surface area contributed by atoms with Crippen molar-refractivity contribution in [2.75, 3.05) is 47.1 Å². The Bertz CT molecular complexity index is 278. The van der Waals surface area contributed by atoms with E-state index in [4.69, 9.17) is 9.47 Å². The maximum absolute atomic E-state index is 12.8. The van der Waals surface area contributed by atoms with E-state index >= 15 is 0 Å². The highest BCUT2D eigenvalue weighted by atomic mass is 16.5. The van der Waals surface area contributed by atoms with Crippen molar-refractivity contribution in [3.8, 4) is 0 Å². The quantitative estimate of drug-likeness (QED) is 0.748. The lowest BCUT2D eigenvalue weighted by molar-refractivity contribution is -0.146. The number of hydrogen-bond acceptors (Lipinski definition) is 4. The Kier molecular flexibility index (Phi) is 6.75. The fourth-order valence-corrected chi connectivity index (χ4v) is 2.63. The molecular weight excluding hydrogens is 244 g/mol. The van der Waals surface area contributed by atoms with Crippen LogP contribution in [0.15, 0.2) is 0 Å². The maximum atomic E-state index is 12.8. The van der Waals surface area contributed by atoms with Gasteiger partial charge in [0.05, 0.1) is 24.7 Å². The van der Waals surface area contributed by atoms with Crippen molar-refractivity contribution in [3.63, 3.8) is 0 Å². The molecule has 0 radical (unpaired) electrons. The number of rotatable bonds is 7. The van der Waals surface area contributed by atoms with E-state index in [1.165, 1.54) is 0 Å². The van der Waals surface area contributed by atoms with Crippen molar-refractivity contribution in [3.05, 3.63) is 0 Å². The van der Waals surface area contributed by atoms with Crippen LogP contribution in [0.4, 0.5) is 0 Å². The average Bonchev–Trinajstić information content (AvgIpc) is 2.40. The molecule has 2 unspecified atom stereocenters. The van der Waals surface area contributed by atoms with Crippen molar-refractivity contribution in [1.82, 2.24) is 10.2 Å². The van der Waals surface area contributed by atoms with E-state index in [-0.39, 0.29) is 17.4 Å². The van der Waals surface area contributed by atoms with E-state index in [2.05, 4.69) is 12.2 Å². The second-order valence-electron chi connectivity index (χ2n) is 5.64. The topological polar surface area (TPSA) is 50.8 Å². The molecule has 1 rings (SSSR count). The van der Waals surface area contributed by atoms with Gasteiger partial charge < -0.3 is 19.7 Å². The molecule has 0 saturated carbocycles. The number of ether oxygens (including phenoxy) is 2. The molecule has 1 fully saturated rings. The highest BCUT2D eigenvalue weighted by Crippen LogP contribution is 2.28. The molecule has 0 spiro atoms. The summed E-state index contributed by atoms with van der Waals surface area (Å²) in [5, 5.41) is 3.33. The minimum Gasteiger partial charge on any atom is -0.383 e. The number of methoxy groups -OCH3 is 2. The van der Waals surface area contributed by atoms with Crippen molar-refractivity contribution in [2.24, 2.45) is 5.41 Å². The number of nitrogens with one attached hydrogen (secondary N) is 1. The summed E-state index contributed by atoms with van der Waals surface area (Å²) in [5.74, 6) is 0.210. The molecule has 0 aromatic heterocycles. The third-order valence-corrected chi connectivity index (χ3v) is 3.85. The van der Waals surface area contributed by atoms with Crippen molar-refractivity contribution >= 4 is 5.91 Å². The molecule has 5 heteroatoms. The Labute approximate surface area is 116 Å². The first-order valence-corrected chi connectivity index (χ1v) is 7.05. The zero-order chi connectivity index (χ0) is 14.3. The van der Waals surface area contributed by atoms with E-state index in [1.807, 2.05) is 11.8 Å². The normalized spacial score (nSPS) is 25.1. The predicted octanol–water partition coefficient (Wildman–Crippen LogP) is 0.886. The molecule has 0 aromatic rings. The number of nitrogens with zero attached hydrogens (tertiary/aromatic N) is 1. The Hall–Kier alpha value is -0.650. The first-order valence-electron chi connectivity index (χ1n) is 7.05. The van der Waals surface area contributed by atoms with Crippen LogP contribution in [0.25, 0.3) is 0 Å². The van der Waals surface area contributed by atoms with Crippen LogP contribution in [-0.2, 0) is 14.3 Å². The van der Waals surface area contributed by atoms with Gasteiger partial charge in [-0.25, -0.2) is 0 Å². The number of amides is 1. The van der Waals surface area contributed by atoms with E-state index in [9.17, 15) is 4.79 Å². The lowest BCUT2D eigenvalue weighted by atomic mass is 9.81. The summed E-state index contributed by atoms with van der Waals surface area (Å²) in [6.07, 6.45) is 2.00. The molecule has 0 aliphatic carbocycles. The third kappa shape index (κ3) is 4.44. The molecule has 1 aliphatic rings. The Morgan fingerprint density at radius 1 is 1.42 bits per heavy atom. The van der Waals surface area contributed by atoms with E-state index in [0.717, 1.165) is 25.9 Å². The van der Waals surface area contributed by atoms with E-state index in [0.29, 0.717) is 19.8 Å². The van der Waals surface area contributed by atoms with Crippen LogP contribution in [-0.4, -0.2) is 63.9 Å². The smallest absolute Gasteiger partial charge is 0.230 e. The fourth-order valence-electron chi connectivity index (χ4n) is 2.63. The third-order valence-electron chi connectivity index (χ3n) is 3.85. The Morgan fingerprint density at radius 3 is 2.68 bits per heavy atom. The second kappa shape index (κ2) is 7.82. The molecule has 19 heavy (non-hydrogen) atoms. The van der Waals surface area contributed by atoms with Crippen LogP contribution in [0, 0.1) is 5.41 Å². The van der Waals surface area contributed by atoms with E-state index in [1.54, 1.807) is 14.2 Å². The van der Waals surface area contributed by atoms with Crippen LogP contribution in [0.3, 0.4) is 0 Å². The molecule has 1 aliphatic heterocycles. The number of piperidine rings is 1. The molecule has 5 nitrogen and oxygen atoms in total. The number of carbonyl (C=O) groups is 1. The molecule has 1 saturated heterocycles.